The lowest BCUT2D eigenvalue weighted by molar-refractivity contribution is -0.141. The summed E-state index contributed by atoms with van der Waals surface area (Å²) in [6.07, 6.45) is -1.69. The summed E-state index contributed by atoms with van der Waals surface area (Å²) in [5, 5.41) is 39.4. The Kier molecular flexibility index (Phi) is 17.5. The van der Waals surface area contributed by atoms with E-state index in [0.29, 0.717) is 33.0 Å². The van der Waals surface area contributed by atoms with Gasteiger partial charge in [-0.1, -0.05) is 47.8 Å². The van der Waals surface area contributed by atoms with Gasteiger partial charge in [-0.3, -0.25) is 14.4 Å². The van der Waals surface area contributed by atoms with Crippen molar-refractivity contribution in [1.29, 1.82) is 0 Å². The molecule has 3 fully saturated rings. The quantitative estimate of drug-likeness (QED) is 0.0577. The van der Waals surface area contributed by atoms with Gasteiger partial charge in [-0.15, -0.1) is 0 Å². The Bertz CT molecular complexity index is 2240. The summed E-state index contributed by atoms with van der Waals surface area (Å²) >= 11 is 9.87. The van der Waals surface area contributed by atoms with Crippen LogP contribution < -0.4 is 22.5 Å². The SMILES string of the molecule is CB(O)N1CC(F)(F)C[C@H]1C(=O)Nc1cc(Br)ccc1N.CB(O)N1CC(F)(F)C[C@H]1C(=O)O.CB(O)N1CC(F)(F)C[C@H]1c1nc2ccc(Br)cc2[nH]1.Nc1ccc(Br)cc1N. The molecule has 12 N–H and O–H groups in total. The van der Waals surface area contributed by atoms with E-state index in [9.17, 15) is 46.0 Å². The van der Waals surface area contributed by atoms with Crippen LogP contribution in [0.15, 0.2) is 68.0 Å². The summed E-state index contributed by atoms with van der Waals surface area (Å²) < 4.78 is 82.2. The molecule has 3 aliphatic heterocycles. The van der Waals surface area contributed by atoms with Crippen molar-refractivity contribution in [3.63, 3.8) is 0 Å². The van der Waals surface area contributed by atoms with Crippen LogP contribution in [0.2, 0.25) is 20.5 Å². The average molecular weight is 1090 g/mol. The minimum absolute atomic E-state index is 0.333. The number of halogens is 9. The predicted molar refractivity (Wildman–Crippen MR) is 242 cm³/mol. The fourth-order valence-corrected chi connectivity index (χ4v) is 8.09. The van der Waals surface area contributed by atoms with E-state index in [4.69, 9.17) is 27.3 Å². The molecule has 7 rings (SSSR count). The molecule has 1 amide bonds. The number of nitrogens with two attached hydrogens (primary N) is 3. The van der Waals surface area contributed by atoms with E-state index in [-0.39, 0.29) is 6.42 Å². The number of imidazole rings is 1. The van der Waals surface area contributed by atoms with Gasteiger partial charge in [0.05, 0.1) is 65.5 Å². The van der Waals surface area contributed by atoms with Gasteiger partial charge in [0, 0.05) is 32.7 Å². The maximum Gasteiger partial charge on any atom is 0.377 e. The molecule has 4 heterocycles. The second-order valence-corrected chi connectivity index (χ2v) is 18.0. The van der Waals surface area contributed by atoms with Crippen LogP contribution in [0.25, 0.3) is 11.0 Å². The van der Waals surface area contributed by atoms with Crippen LogP contribution in [-0.4, -0.2) is 127 Å². The van der Waals surface area contributed by atoms with Crippen LogP contribution in [0.3, 0.4) is 0 Å². The molecule has 3 saturated heterocycles. The Morgan fingerprint density at radius 1 is 0.698 bits per heavy atom. The molecule has 3 aromatic carbocycles. The smallest absolute Gasteiger partial charge is 0.377 e. The number of nitrogens with zero attached hydrogens (tertiary/aromatic N) is 4. The Morgan fingerprint density at radius 3 is 1.67 bits per heavy atom. The number of rotatable bonds is 7. The lowest BCUT2D eigenvalue weighted by atomic mass is 9.84. The first kappa shape index (κ1) is 52.1. The van der Waals surface area contributed by atoms with Gasteiger partial charge in [0.15, 0.2) is 0 Å². The van der Waals surface area contributed by atoms with Gasteiger partial charge in [-0.05, 0) is 75.1 Å². The van der Waals surface area contributed by atoms with Crippen molar-refractivity contribution < 1.29 is 56.1 Å². The van der Waals surface area contributed by atoms with Gasteiger partial charge in [-0.2, -0.15) is 0 Å². The number of carbonyl (C=O) groups excluding carboxylic acids is 1. The molecule has 4 aromatic rings. The summed E-state index contributed by atoms with van der Waals surface area (Å²) in [6, 6.07) is 12.8. The zero-order valence-corrected chi connectivity index (χ0v) is 38.7. The topological polar surface area (TPSA) is 244 Å². The summed E-state index contributed by atoms with van der Waals surface area (Å²) in [6.45, 7) is 2.34. The molecule has 3 aliphatic rings. The second-order valence-electron chi connectivity index (χ2n) is 15.3. The maximum atomic E-state index is 13.6. The molecule has 63 heavy (non-hydrogen) atoms. The van der Waals surface area contributed by atoms with E-state index in [1.807, 2.05) is 24.3 Å². The molecule has 15 nitrogen and oxygen atoms in total. The number of fused-ring (bicyclic) bond motifs is 1. The minimum atomic E-state index is -3.01. The van der Waals surface area contributed by atoms with Crippen LogP contribution in [0, 0.1) is 0 Å². The van der Waals surface area contributed by atoms with E-state index in [0.717, 1.165) is 29.6 Å². The van der Waals surface area contributed by atoms with E-state index in [1.165, 1.54) is 25.3 Å². The molecule has 342 valence electrons. The molecule has 3 atom stereocenters. The number of nitrogen functional groups attached to an aromatic ring is 3. The molecule has 0 aliphatic carbocycles. The van der Waals surface area contributed by atoms with Crippen molar-refractivity contribution >= 4 is 115 Å². The number of carboxylic acid groups (broad SMARTS) is 1. The van der Waals surface area contributed by atoms with Crippen molar-refractivity contribution in [3.8, 4) is 0 Å². The van der Waals surface area contributed by atoms with E-state index < -0.39 is 101 Å². The summed E-state index contributed by atoms with van der Waals surface area (Å²) in [5.41, 5.74) is 20.1. The molecular weight excluding hydrogens is 1040 g/mol. The number of benzene rings is 3. The first-order valence-corrected chi connectivity index (χ1v) is 21.5. The Labute approximate surface area is 384 Å². The number of hydrogen-bond donors (Lipinski definition) is 9. The molecule has 0 bridgehead atoms. The molecule has 0 saturated carbocycles. The van der Waals surface area contributed by atoms with Gasteiger partial charge in [0.1, 0.15) is 11.9 Å². The third-order valence-corrected chi connectivity index (χ3v) is 11.5. The lowest BCUT2D eigenvalue weighted by Gasteiger charge is -2.23. The van der Waals surface area contributed by atoms with Crippen molar-refractivity contribution in [2.24, 2.45) is 0 Å². The third kappa shape index (κ3) is 14.5. The number of alkyl halides is 6. The van der Waals surface area contributed by atoms with Crippen LogP contribution >= 0.6 is 47.8 Å². The zero-order valence-electron chi connectivity index (χ0n) is 33.9. The summed E-state index contributed by atoms with van der Waals surface area (Å²) in [7, 11) is -3.23. The van der Waals surface area contributed by atoms with E-state index in [1.54, 1.807) is 30.3 Å². The van der Waals surface area contributed by atoms with Gasteiger partial charge in [-0.25, -0.2) is 31.3 Å². The highest BCUT2D eigenvalue weighted by atomic mass is 79.9. The van der Waals surface area contributed by atoms with Crippen LogP contribution in [0.5, 0.6) is 0 Å². The number of aromatic nitrogens is 2. The lowest BCUT2D eigenvalue weighted by Crippen LogP contribution is -2.47. The molecule has 0 unspecified atom stereocenters. The van der Waals surface area contributed by atoms with Crippen molar-refractivity contribution in [2.75, 3.05) is 42.2 Å². The van der Waals surface area contributed by atoms with Gasteiger partial charge in [0.2, 0.25) is 5.91 Å². The van der Waals surface area contributed by atoms with E-state index in [2.05, 4.69) is 63.1 Å². The predicted octanol–water partition coefficient (Wildman–Crippen LogP) is 6.11. The molecular formula is C36H45B3Br3F6N9O6. The largest absolute Gasteiger partial charge is 0.480 e. The average Bonchev–Trinajstić information content (AvgIpc) is 3.92. The maximum absolute atomic E-state index is 13.6. The molecule has 27 heteroatoms. The number of nitrogens with one attached hydrogen (secondary N) is 2. The molecule has 0 spiro atoms. The Hall–Kier alpha value is -3.56. The zero-order chi connectivity index (χ0) is 47.4. The Morgan fingerprint density at radius 2 is 1.16 bits per heavy atom. The van der Waals surface area contributed by atoms with Crippen LogP contribution in [0.1, 0.15) is 31.1 Å². The van der Waals surface area contributed by atoms with E-state index >= 15 is 0 Å². The van der Waals surface area contributed by atoms with Crippen molar-refractivity contribution in [2.45, 2.75) is 75.6 Å². The van der Waals surface area contributed by atoms with Crippen LogP contribution in [-0.2, 0) is 9.59 Å². The highest BCUT2D eigenvalue weighted by Gasteiger charge is 2.52. The first-order chi connectivity index (χ1) is 29.1. The van der Waals surface area contributed by atoms with Gasteiger partial charge < -0.3 is 57.3 Å². The minimum Gasteiger partial charge on any atom is -0.480 e. The fourth-order valence-electron chi connectivity index (χ4n) is 6.99. The fraction of sp³-hybridized carbons (Fsp3) is 0.417. The number of amides is 1. The highest BCUT2D eigenvalue weighted by molar-refractivity contribution is 9.11. The second kappa shape index (κ2) is 21.2. The number of carbonyl (C=O) groups is 2. The first-order valence-electron chi connectivity index (χ1n) is 19.1. The number of carboxylic acids is 1. The van der Waals surface area contributed by atoms with Gasteiger partial charge in [0.25, 0.3) is 17.8 Å². The number of hydrogen-bond acceptors (Lipinski definition) is 12. The van der Waals surface area contributed by atoms with Crippen molar-refractivity contribution in [3.05, 3.63) is 73.8 Å². The highest BCUT2D eigenvalue weighted by Crippen LogP contribution is 2.41. The summed E-state index contributed by atoms with van der Waals surface area (Å²) in [4.78, 5) is 33.5. The normalized spacial score (nSPS) is 21.3. The number of H-pyrrole nitrogens is 1. The Balaban J connectivity index is 0.000000193. The standard InChI is InChI=1S/C12H15BBrF2N3O2.C12H13BBrF2N3O.C6H10BF2NO3.C6H7BrN2/c1-13(21)19-6-12(15,16)5-10(19)11(20)18-9-4-7(14)2-3-8(9)17;1-13(20)19-6-12(15,16)5-10(19)11-17-8-3-2-7(14)4-9(8)18-11;1-7(13)10-3-6(8,9)2-4(10)5(11)12;7-4-1-2-5(8)6(9)3-4/h2-4,10,21H,5-6,17H2,1H3,(H,18,20);2-4,10,20H,5-6H2,1H3,(H,17,18);4,13H,2-3H2,1H3,(H,11,12);1-3H,8-9H2/t2*10-;4-;/m000./s1. The number of aliphatic carboxylic acids is 1. The summed E-state index contributed by atoms with van der Waals surface area (Å²) in [5.74, 6) is -10.3. The number of anilines is 4. The van der Waals surface area contributed by atoms with Gasteiger partial charge >= 0.3 is 27.1 Å². The van der Waals surface area contributed by atoms with Crippen LogP contribution in [0.4, 0.5) is 49.1 Å². The molecule has 0 radical (unpaired) electrons. The third-order valence-electron chi connectivity index (χ3n) is 10.0. The monoisotopic (exact) mass is 1080 g/mol. The molecule has 1 aromatic heterocycles. The number of aromatic amines is 1. The van der Waals surface area contributed by atoms with Crippen molar-refractivity contribution in [1.82, 2.24) is 24.4 Å².